The van der Waals surface area contributed by atoms with Crippen molar-refractivity contribution in [1.29, 1.82) is 0 Å². The number of nitrogens with one attached hydrogen (secondary N) is 1. The second-order valence-electron chi connectivity index (χ2n) is 8.00. The normalized spacial score (nSPS) is 22.1. The molecule has 2 aromatic rings. The van der Waals surface area contributed by atoms with E-state index in [1.807, 2.05) is 12.4 Å². The maximum atomic E-state index is 12.7. The molecule has 1 fully saturated rings. The van der Waals surface area contributed by atoms with Gasteiger partial charge in [0.25, 0.3) is 5.91 Å². The van der Waals surface area contributed by atoms with Crippen molar-refractivity contribution in [1.82, 2.24) is 19.8 Å². The molecule has 0 bridgehead atoms. The van der Waals surface area contributed by atoms with E-state index in [9.17, 15) is 4.79 Å². The van der Waals surface area contributed by atoms with Gasteiger partial charge in [-0.15, -0.1) is 11.3 Å². The van der Waals surface area contributed by atoms with Crippen molar-refractivity contribution in [3.63, 3.8) is 0 Å². The number of carbonyl (C=O) groups excluding carboxylic acids is 1. The highest BCUT2D eigenvalue weighted by molar-refractivity contribution is 7.09. The molecule has 27 heavy (non-hydrogen) atoms. The summed E-state index contributed by atoms with van der Waals surface area (Å²) in [6, 6.07) is 4.29. The summed E-state index contributed by atoms with van der Waals surface area (Å²) in [6.07, 6.45) is 5.08. The van der Waals surface area contributed by atoms with Crippen LogP contribution in [0.5, 0.6) is 0 Å². The number of rotatable bonds is 5. The van der Waals surface area contributed by atoms with Crippen molar-refractivity contribution in [3.8, 4) is 0 Å². The van der Waals surface area contributed by atoms with Crippen LogP contribution < -0.4 is 5.32 Å². The first kappa shape index (κ1) is 18.7. The van der Waals surface area contributed by atoms with Gasteiger partial charge in [-0.2, -0.15) is 0 Å². The van der Waals surface area contributed by atoms with Crippen molar-refractivity contribution in [2.45, 2.75) is 51.5 Å². The smallest absolute Gasteiger partial charge is 0.251 e. The predicted octanol–water partition coefficient (Wildman–Crippen LogP) is 2.61. The number of likely N-dealkylation sites (tertiary alicyclic amines) is 1. The van der Waals surface area contributed by atoms with Crippen LogP contribution in [0, 0.1) is 5.92 Å². The van der Waals surface area contributed by atoms with E-state index in [-0.39, 0.29) is 5.91 Å². The van der Waals surface area contributed by atoms with Crippen LogP contribution >= 0.6 is 11.3 Å². The molecule has 1 spiro atoms. The molecule has 0 saturated carbocycles. The molecule has 2 aromatic heterocycles. The van der Waals surface area contributed by atoms with E-state index in [1.165, 1.54) is 4.88 Å². The van der Waals surface area contributed by atoms with Crippen LogP contribution in [0.1, 0.15) is 37.4 Å². The SMILES string of the molecule is CC(C)CNC(=O)[C@@H]1Cn2ccnc2C2(CCN(Cc3cccs3)CC2)O1. The van der Waals surface area contributed by atoms with Crippen molar-refractivity contribution in [2.24, 2.45) is 5.92 Å². The van der Waals surface area contributed by atoms with E-state index in [4.69, 9.17) is 4.74 Å². The topological polar surface area (TPSA) is 59.4 Å². The van der Waals surface area contributed by atoms with Crippen molar-refractivity contribution in [3.05, 3.63) is 40.6 Å². The zero-order chi connectivity index (χ0) is 18.9. The maximum absolute atomic E-state index is 12.7. The van der Waals surface area contributed by atoms with Crippen LogP contribution in [0.2, 0.25) is 0 Å². The lowest BCUT2D eigenvalue weighted by atomic mass is 9.88. The summed E-state index contributed by atoms with van der Waals surface area (Å²) in [5.74, 6) is 1.39. The minimum absolute atomic E-state index is 0.0107. The average Bonchev–Trinajstić information content (AvgIpc) is 3.33. The highest BCUT2D eigenvalue weighted by Gasteiger charge is 2.47. The molecule has 0 radical (unpaired) electrons. The molecule has 4 rings (SSSR count). The standard InChI is InChI=1S/C20H28N4O2S/c1-15(2)12-22-18(25)17-14-24-10-7-21-19(24)20(26-17)5-8-23(9-6-20)13-16-4-3-11-27-16/h3-4,7,10-11,15,17H,5-6,8-9,12-14H2,1-2H3,(H,22,25)/t17-/m0/s1. The number of ether oxygens (including phenoxy) is 1. The van der Waals surface area contributed by atoms with Gasteiger partial charge in [0.1, 0.15) is 11.4 Å². The summed E-state index contributed by atoms with van der Waals surface area (Å²) in [5, 5.41) is 5.16. The van der Waals surface area contributed by atoms with Crippen molar-refractivity contribution in [2.75, 3.05) is 19.6 Å². The molecule has 4 heterocycles. The van der Waals surface area contributed by atoms with Crippen LogP contribution in [0.3, 0.4) is 0 Å². The molecule has 146 valence electrons. The van der Waals surface area contributed by atoms with Gasteiger partial charge < -0.3 is 14.6 Å². The minimum Gasteiger partial charge on any atom is -0.354 e. The largest absolute Gasteiger partial charge is 0.354 e. The Morgan fingerprint density at radius 3 is 2.96 bits per heavy atom. The third-order valence-electron chi connectivity index (χ3n) is 5.45. The molecule has 0 unspecified atom stereocenters. The lowest BCUT2D eigenvalue weighted by Crippen LogP contribution is -2.54. The fourth-order valence-electron chi connectivity index (χ4n) is 3.99. The van der Waals surface area contributed by atoms with E-state index >= 15 is 0 Å². The second-order valence-corrected chi connectivity index (χ2v) is 9.03. The molecule has 1 saturated heterocycles. The number of imidazole rings is 1. The lowest BCUT2D eigenvalue weighted by molar-refractivity contribution is -0.173. The number of fused-ring (bicyclic) bond motifs is 2. The van der Waals surface area contributed by atoms with Crippen LogP contribution in [0.25, 0.3) is 0 Å². The number of aromatic nitrogens is 2. The third kappa shape index (κ3) is 3.95. The van der Waals surface area contributed by atoms with Gasteiger partial charge in [-0.05, 0) is 30.2 Å². The first-order chi connectivity index (χ1) is 13.1. The van der Waals surface area contributed by atoms with Gasteiger partial charge in [0.2, 0.25) is 0 Å². The maximum Gasteiger partial charge on any atom is 0.251 e. The summed E-state index contributed by atoms with van der Waals surface area (Å²) in [4.78, 5) is 21.1. The number of amides is 1. The first-order valence-corrected chi connectivity index (χ1v) is 10.7. The molecule has 0 aliphatic carbocycles. The summed E-state index contributed by atoms with van der Waals surface area (Å²) in [6.45, 7) is 8.30. The molecule has 1 atom stereocenters. The molecule has 2 aliphatic rings. The third-order valence-corrected chi connectivity index (χ3v) is 6.31. The fraction of sp³-hybridized carbons (Fsp3) is 0.600. The Labute approximate surface area is 164 Å². The van der Waals surface area contributed by atoms with E-state index in [0.29, 0.717) is 19.0 Å². The van der Waals surface area contributed by atoms with Gasteiger partial charge in [-0.25, -0.2) is 4.98 Å². The monoisotopic (exact) mass is 388 g/mol. The Kier molecular flexibility index (Phi) is 5.34. The fourth-order valence-corrected chi connectivity index (χ4v) is 4.73. The number of nitrogens with zero attached hydrogens (tertiary/aromatic N) is 3. The number of piperidine rings is 1. The van der Waals surface area contributed by atoms with E-state index in [2.05, 4.69) is 51.1 Å². The molecule has 7 heteroatoms. The Bertz CT molecular complexity index is 763. The number of hydrogen-bond donors (Lipinski definition) is 1. The zero-order valence-electron chi connectivity index (χ0n) is 16.1. The van der Waals surface area contributed by atoms with E-state index in [1.54, 1.807) is 11.3 Å². The summed E-state index contributed by atoms with van der Waals surface area (Å²) in [5.41, 5.74) is -0.451. The number of thiophene rings is 1. The Hall–Kier alpha value is -1.70. The quantitative estimate of drug-likeness (QED) is 0.855. The Morgan fingerprint density at radius 1 is 1.44 bits per heavy atom. The molecular formula is C20H28N4O2S. The first-order valence-electron chi connectivity index (χ1n) is 9.78. The highest BCUT2D eigenvalue weighted by atomic mass is 32.1. The Morgan fingerprint density at radius 2 is 2.26 bits per heavy atom. The summed E-state index contributed by atoms with van der Waals surface area (Å²) >= 11 is 1.80. The number of carbonyl (C=O) groups is 1. The van der Waals surface area contributed by atoms with Gasteiger partial charge in [-0.3, -0.25) is 9.69 Å². The van der Waals surface area contributed by atoms with E-state index in [0.717, 1.165) is 38.3 Å². The van der Waals surface area contributed by atoms with Crippen LogP contribution in [0.4, 0.5) is 0 Å². The van der Waals surface area contributed by atoms with Gasteiger partial charge in [0.05, 0.1) is 6.54 Å². The Balaban J connectivity index is 1.46. The van der Waals surface area contributed by atoms with Gasteiger partial charge in [-0.1, -0.05) is 19.9 Å². The second kappa shape index (κ2) is 7.73. The van der Waals surface area contributed by atoms with E-state index < -0.39 is 11.7 Å². The zero-order valence-corrected chi connectivity index (χ0v) is 16.9. The number of hydrogen-bond acceptors (Lipinski definition) is 5. The van der Waals surface area contributed by atoms with Crippen molar-refractivity contribution >= 4 is 17.2 Å². The minimum atomic E-state index is -0.451. The molecule has 1 amide bonds. The molecule has 1 N–H and O–H groups in total. The molecule has 0 aromatic carbocycles. The van der Waals surface area contributed by atoms with Gasteiger partial charge >= 0.3 is 0 Å². The molecule has 6 nitrogen and oxygen atoms in total. The highest BCUT2D eigenvalue weighted by Crippen LogP contribution is 2.40. The molecular weight excluding hydrogens is 360 g/mol. The summed E-state index contributed by atoms with van der Waals surface area (Å²) in [7, 11) is 0. The predicted molar refractivity (Wildman–Crippen MR) is 105 cm³/mol. The summed E-state index contributed by atoms with van der Waals surface area (Å²) < 4.78 is 8.57. The van der Waals surface area contributed by atoms with Gasteiger partial charge in [0.15, 0.2) is 6.10 Å². The van der Waals surface area contributed by atoms with Crippen LogP contribution in [0.15, 0.2) is 29.9 Å². The van der Waals surface area contributed by atoms with Crippen LogP contribution in [-0.2, 0) is 28.2 Å². The van der Waals surface area contributed by atoms with Gasteiger partial charge in [0, 0.05) is 43.4 Å². The molecule has 2 aliphatic heterocycles. The van der Waals surface area contributed by atoms with Crippen LogP contribution in [-0.4, -0.2) is 46.1 Å². The lowest BCUT2D eigenvalue weighted by Gasteiger charge is -2.45. The average molecular weight is 389 g/mol. The van der Waals surface area contributed by atoms with Crippen molar-refractivity contribution < 1.29 is 9.53 Å².